The van der Waals surface area contributed by atoms with E-state index in [9.17, 15) is 9.59 Å². The van der Waals surface area contributed by atoms with E-state index in [-0.39, 0.29) is 11.8 Å². The van der Waals surface area contributed by atoms with E-state index in [4.69, 9.17) is 0 Å². The first-order chi connectivity index (χ1) is 14.7. The van der Waals surface area contributed by atoms with Crippen LogP contribution in [0.5, 0.6) is 0 Å². The van der Waals surface area contributed by atoms with E-state index in [1.165, 1.54) is 6.08 Å². The van der Waals surface area contributed by atoms with E-state index in [2.05, 4.69) is 15.7 Å². The minimum atomic E-state index is -0.167. The van der Waals surface area contributed by atoms with Gasteiger partial charge in [-0.25, -0.2) is 0 Å². The summed E-state index contributed by atoms with van der Waals surface area (Å²) in [7, 11) is 0. The van der Waals surface area contributed by atoms with Gasteiger partial charge >= 0.3 is 0 Å². The number of aromatic nitrogens is 2. The number of rotatable bonds is 8. The van der Waals surface area contributed by atoms with Crippen LogP contribution in [0, 0.1) is 0 Å². The number of amides is 2. The SMILES string of the molecule is O=C(/C=C/c1ccc(C(=O)NC2CC2)cc1)NCc1ccccc1Cn1cccn1. The van der Waals surface area contributed by atoms with Gasteiger partial charge in [-0.15, -0.1) is 0 Å². The smallest absolute Gasteiger partial charge is 0.251 e. The number of carbonyl (C=O) groups is 2. The van der Waals surface area contributed by atoms with Gasteiger partial charge in [0.15, 0.2) is 0 Å². The Kier molecular flexibility index (Phi) is 6.03. The fourth-order valence-electron chi connectivity index (χ4n) is 3.11. The minimum absolute atomic E-state index is 0.0421. The third kappa shape index (κ3) is 5.44. The lowest BCUT2D eigenvalue weighted by Gasteiger charge is -2.10. The van der Waals surface area contributed by atoms with Crippen molar-refractivity contribution in [3.63, 3.8) is 0 Å². The number of carbonyl (C=O) groups excluding carboxylic acids is 2. The molecular formula is C24H24N4O2. The molecule has 0 saturated heterocycles. The summed E-state index contributed by atoms with van der Waals surface area (Å²) in [6, 6.07) is 17.5. The highest BCUT2D eigenvalue weighted by atomic mass is 16.2. The summed E-state index contributed by atoms with van der Waals surface area (Å²) in [6.07, 6.45) is 9.05. The van der Waals surface area contributed by atoms with Gasteiger partial charge in [0.05, 0.1) is 6.54 Å². The fourth-order valence-corrected chi connectivity index (χ4v) is 3.11. The van der Waals surface area contributed by atoms with Gasteiger partial charge < -0.3 is 10.6 Å². The number of hydrogen-bond acceptors (Lipinski definition) is 3. The van der Waals surface area contributed by atoms with Crippen molar-refractivity contribution in [1.29, 1.82) is 0 Å². The molecule has 1 fully saturated rings. The lowest BCUT2D eigenvalue weighted by molar-refractivity contribution is -0.116. The summed E-state index contributed by atoms with van der Waals surface area (Å²) in [6.45, 7) is 1.11. The zero-order valence-corrected chi connectivity index (χ0v) is 16.6. The lowest BCUT2D eigenvalue weighted by atomic mass is 10.1. The maximum Gasteiger partial charge on any atom is 0.251 e. The standard InChI is InChI=1S/C24H24N4O2/c29-23(13-8-18-6-9-19(10-7-18)24(30)27-22-11-12-22)25-16-20-4-1-2-5-21(20)17-28-15-3-14-26-28/h1-10,13-15,22H,11-12,16-17H2,(H,25,29)(H,27,30)/b13-8+. The first-order valence-electron chi connectivity index (χ1n) is 10.1. The monoisotopic (exact) mass is 400 g/mol. The summed E-state index contributed by atoms with van der Waals surface area (Å²) in [5, 5.41) is 10.1. The Hall–Kier alpha value is -3.67. The lowest BCUT2D eigenvalue weighted by Crippen LogP contribution is -2.25. The van der Waals surface area contributed by atoms with Crippen LogP contribution in [0.2, 0.25) is 0 Å². The maximum atomic E-state index is 12.2. The molecule has 0 aliphatic heterocycles. The zero-order chi connectivity index (χ0) is 20.8. The quantitative estimate of drug-likeness (QED) is 0.571. The minimum Gasteiger partial charge on any atom is -0.349 e. The number of nitrogens with zero attached hydrogens (tertiary/aromatic N) is 2. The van der Waals surface area contributed by atoms with Gasteiger partial charge in [0.25, 0.3) is 5.91 Å². The van der Waals surface area contributed by atoms with Crippen molar-refractivity contribution in [1.82, 2.24) is 20.4 Å². The Labute approximate surface area is 175 Å². The third-order valence-electron chi connectivity index (χ3n) is 4.98. The van der Waals surface area contributed by atoms with Crippen LogP contribution in [0.4, 0.5) is 0 Å². The molecule has 1 heterocycles. The summed E-state index contributed by atoms with van der Waals surface area (Å²) in [4.78, 5) is 24.3. The van der Waals surface area contributed by atoms with Crippen LogP contribution in [0.15, 0.2) is 73.1 Å². The molecule has 2 amide bonds. The first kappa shape index (κ1) is 19.6. The van der Waals surface area contributed by atoms with E-state index >= 15 is 0 Å². The molecule has 1 aliphatic rings. The summed E-state index contributed by atoms with van der Waals surface area (Å²) < 4.78 is 1.86. The Morgan fingerprint density at radius 2 is 1.80 bits per heavy atom. The molecular weight excluding hydrogens is 376 g/mol. The van der Waals surface area contributed by atoms with Crippen molar-refractivity contribution in [2.45, 2.75) is 32.0 Å². The highest BCUT2D eigenvalue weighted by Gasteiger charge is 2.23. The Morgan fingerprint density at radius 1 is 1.03 bits per heavy atom. The highest BCUT2D eigenvalue weighted by molar-refractivity contribution is 5.95. The average molecular weight is 400 g/mol. The van der Waals surface area contributed by atoms with Crippen molar-refractivity contribution >= 4 is 17.9 Å². The molecule has 1 aromatic heterocycles. The van der Waals surface area contributed by atoms with E-state index in [1.807, 2.05) is 53.3 Å². The average Bonchev–Trinajstić information content (AvgIpc) is 3.43. The van der Waals surface area contributed by atoms with Crippen molar-refractivity contribution in [3.05, 3.63) is 95.3 Å². The molecule has 3 aromatic rings. The van der Waals surface area contributed by atoms with Crippen LogP contribution in [0.3, 0.4) is 0 Å². The van der Waals surface area contributed by atoms with E-state index in [1.54, 1.807) is 24.4 Å². The second-order valence-electron chi connectivity index (χ2n) is 7.39. The van der Waals surface area contributed by atoms with Gasteiger partial charge in [-0.2, -0.15) is 5.10 Å². The molecule has 30 heavy (non-hydrogen) atoms. The molecule has 1 saturated carbocycles. The number of benzene rings is 2. The largest absolute Gasteiger partial charge is 0.349 e. The van der Waals surface area contributed by atoms with E-state index in [0.29, 0.717) is 24.7 Å². The predicted octanol–water partition coefficient (Wildman–Crippen LogP) is 3.15. The molecule has 0 spiro atoms. The highest BCUT2D eigenvalue weighted by Crippen LogP contribution is 2.19. The maximum absolute atomic E-state index is 12.2. The summed E-state index contributed by atoms with van der Waals surface area (Å²) in [5.41, 5.74) is 3.68. The Bertz CT molecular complexity index is 1040. The second-order valence-corrected chi connectivity index (χ2v) is 7.39. The molecule has 2 aromatic carbocycles. The van der Waals surface area contributed by atoms with Crippen LogP contribution in [0.1, 0.15) is 39.9 Å². The van der Waals surface area contributed by atoms with Crippen LogP contribution in [0.25, 0.3) is 6.08 Å². The van der Waals surface area contributed by atoms with Crippen LogP contribution >= 0.6 is 0 Å². The van der Waals surface area contributed by atoms with E-state index < -0.39 is 0 Å². The van der Waals surface area contributed by atoms with Gasteiger partial charge in [0, 0.05) is 36.6 Å². The molecule has 4 rings (SSSR count). The van der Waals surface area contributed by atoms with Crippen molar-refractivity contribution in [2.24, 2.45) is 0 Å². The topological polar surface area (TPSA) is 76.0 Å². The van der Waals surface area contributed by atoms with Crippen molar-refractivity contribution < 1.29 is 9.59 Å². The molecule has 0 radical (unpaired) electrons. The third-order valence-corrected chi connectivity index (χ3v) is 4.98. The van der Waals surface area contributed by atoms with Crippen molar-refractivity contribution in [3.8, 4) is 0 Å². The summed E-state index contributed by atoms with van der Waals surface area (Å²) in [5.74, 6) is -0.209. The molecule has 0 unspecified atom stereocenters. The zero-order valence-electron chi connectivity index (χ0n) is 16.6. The molecule has 6 nitrogen and oxygen atoms in total. The molecule has 152 valence electrons. The van der Waals surface area contributed by atoms with Crippen LogP contribution in [-0.4, -0.2) is 27.6 Å². The number of nitrogens with one attached hydrogen (secondary N) is 2. The second kappa shape index (κ2) is 9.22. The van der Waals surface area contributed by atoms with Crippen molar-refractivity contribution in [2.75, 3.05) is 0 Å². The summed E-state index contributed by atoms with van der Waals surface area (Å²) >= 11 is 0. The molecule has 1 aliphatic carbocycles. The van der Waals surface area contributed by atoms with Gasteiger partial charge in [0.1, 0.15) is 0 Å². The Morgan fingerprint density at radius 3 is 2.50 bits per heavy atom. The number of hydrogen-bond donors (Lipinski definition) is 2. The fraction of sp³-hybridized carbons (Fsp3) is 0.208. The predicted molar refractivity (Wildman–Crippen MR) is 116 cm³/mol. The van der Waals surface area contributed by atoms with E-state index in [0.717, 1.165) is 29.5 Å². The Balaban J connectivity index is 1.30. The van der Waals surface area contributed by atoms with Gasteiger partial charge in [-0.3, -0.25) is 14.3 Å². The molecule has 0 bridgehead atoms. The molecule has 0 atom stereocenters. The van der Waals surface area contributed by atoms with Gasteiger partial charge in [-0.1, -0.05) is 36.4 Å². The molecule has 6 heteroatoms. The first-order valence-corrected chi connectivity index (χ1v) is 10.1. The van der Waals surface area contributed by atoms with Crippen LogP contribution in [-0.2, 0) is 17.9 Å². The molecule has 2 N–H and O–H groups in total. The van der Waals surface area contributed by atoms with Crippen LogP contribution < -0.4 is 10.6 Å². The normalized spacial score (nSPS) is 13.3. The van der Waals surface area contributed by atoms with Gasteiger partial charge in [-0.05, 0) is 53.8 Å². The van der Waals surface area contributed by atoms with Gasteiger partial charge in [0.2, 0.25) is 5.91 Å².